The van der Waals surface area contributed by atoms with Gasteiger partial charge in [-0.2, -0.15) is 12.8 Å². The minimum absolute atomic E-state index is 0.00346. The summed E-state index contributed by atoms with van der Waals surface area (Å²) in [4.78, 5) is 17.6. The van der Waals surface area contributed by atoms with E-state index < -0.39 is 15.9 Å². The highest BCUT2D eigenvalue weighted by Gasteiger charge is 2.41. The molecule has 0 saturated heterocycles. The minimum Gasteiger partial charge on any atom is -0.505 e. The van der Waals surface area contributed by atoms with Crippen molar-refractivity contribution in [3.8, 4) is 11.1 Å². The number of aliphatic hydroxyl groups is 1. The highest BCUT2D eigenvalue weighted by Crippen LogP contribution is 2.39. The van der Waals surface area contributed by atoms with Crippen LogP contribution in [-0.2, 0) is 14.8 Å². The van der Waals surface area contributed by atoms with Crippen molar-refractivity contribution < 1.29 is 18.3 Å². The SMILES string of the molecule is C=C1C(O)=C(C2=NS(=O)(=O)c3c2cccc3-c2cccnc2)C(=O)N1C. The summed E-state index contributed by atoms with van der Waals surface area (Å²) < 4.78 is 29.3. The second kappa shape index (κ2) is 5.37. The molecule has 1 aromatic carbocycles. The summed E-state index contributed by atoms with van der Waals surface area (Å²) in [5.41, 5.74) is 1.18. The lowest BCUT2D eigenvalue weighted by Gasteiger charge is -2.10. The Morgan fingerprint density at radius 3 is 2.50 bits per heavy atom. The van der Waals surface area contributed by atoms with Gasteiger partial charge >= 0.3 is 0 Å². The predicted molar refractivity (Wildman–Crippen MR) is 95.0 cm³/mol. The van der Waals surface area contributed by atoms with Gasteiger partial charge in [0.15, 0.2) is 5.76 Å². The molecule has 0 atom stereocenters. The average Bonchev–Trinajstić information content (AvgIpc) is 3.01. The highest BCUT2D eigenvalue weighted by atomic mass is 32.2. The molecule has 0 radical (unpaired) electrons. The summed E-state index contributed by atoms with van der Waals surface area (Å²) in [7, 11) is -2.59. The van der Waals surface area contributed by atoms with Crippen LogP contribution >= 0.6 is 0 Å². The Morgan fingerprint density at radius 1 is 1.15 bits per heavy atom. The number of hydrogen-bond acceptors (Lipinski definition) is 5. The van der Waals surface area contributed by atoms with Gasteiger partial charge in [0.25, 0.3) is 15.9 Å². The molecule has 0 unspecified atom stereocenters. The first-order valence-electron chi connectivity index (χ1n) is 7.62. The molecule has 1 aromatic heterocycles. The van der Waals surface area contributed by atoms with Crippen molar-refractivity contribution in [2.45, 2.75) is 4.90 Å². The van der Waals surface area contributed by atoms with E-state index in [1.54, 1.807) is 42.7 Å². The molecular formula is C18H13N3O4S. The lowest BCUT2D eigenvalue weighted by Crippen LogP contribution is -2.23. The minimum atomic E-state index is -4.04. The molecule has 8 heteroatoms. The maximum absolute atomic E-state index is 12.7. The highest BCUT2D eigenvalue weighted by molar-refractivity contribution is 7.91. The molecule has 3 heterocycles. The second-order valence-corrected chi connectivity index (χ2v) is 7.41. The Bertz CT molecular complexity index is 1150. The zero-order chi connectivity index (χ0) is 18.6. The predicted octanol–water partition coefficient (Wildman–Crippen LogP) is 2.04. The zero-order valence-electron chi connectivity index (χ0n) is 13.7. The van der Waals surface area contributed by atoms with Crippen molar-refractivity contribution in [3.05, 3.63) is 71.9 Å². The molecule has 0 spiro atoms. The van der Waals surface area contributed by atoms with Crippen LogP contribution in [0.25, 0.3) is 11.1 Å². The van der Waals surface area contributed by atoms with E-state index in [-0.39, 0.29) is 33.2 Å². The zero-order valence-corrected chi connectivity index (χ0v) is 14.5. The smallest absolute Gasteiger partial charge is 0.284 e. The fraction of sp³-hybridized carbons (Fsp3) is 0.0556. The van der Waals surface area contributed by atoms with Crippen molar-refractivity contribution in [1.29, 1.82) is 0 Å². The van der Waals surface area contributed by atoms with E-state index in [9.17, 15) is 18.3 Å². The van der Waals surface area contributed by atoms with Gasteiger partial charge in [-0.15, -0.1) is 0 Å². The van der Waals surface area contributed by atoms with E-state index in [0.29, 0.717) is 11.1 Å². The first-order valence-corrected chi connectivity index (χ1v) is 9.06. The summed E-state index contributed by atoms with van der Waals surface area (Å²) in [5, 5.41) is 10.3. The lowest BCUT2D eigenvalue weighted by atomic mass is 9.97. The number of likely N-dealkylation sites (N-methyl/N-ethyl adjacent to an activating group) is 1. The number of aliphatic hydroxyl groups excluding tert-OH is 1. The van der Waals surface area contributed by atoms with Gasteiger partial charge < -0.3 is 10.0 Å². The Balaban J connectivity index is 1.99. The van der Waals surface area contributed by atoms with Gasteiger partial charge in [-0.1, -0.05) is 30.8 Å². The number of amides is 1. The standard InChI is InChI=1S/C18H13N3O4S/c1-10-16(22)14(18(23)21(10)2)15-13-7-3-6-12(11-5-4-8-19-9-11)17(13)26(24,25)20-15/h3-9,22H,1H2,2H3. The number of aromatic nitrogens is 1. The largest absolute Gasteiger partial charge is 0.505 e. The van der Waals surface area contributed by atoms with Crippen LogP contribution in [0.3, 0.4) is 0 Å². The van der Waals surface area contributed by atoms with Gasteiger partial charge in [0.05, 0.1) is 5.70 Å². The molecule has 2 aromatic rings. The first kappa shape index (κ1) is 16.2. The second-order valence-electron chi connectivity index (χ2n) is 5.87. The number of carbonyl (C=O) groups is 1. The quantitative estimate of drug-likeness (QED) is 0.875. The fourth-order valence-corrected chi connectivity index (χ4v) is 4.48. The Labute approximate surface area is 149 Å². The molecule has 130 valence electrons. The van der Waals surface area contributed by atoms with E-state index in [1.165, 1.54) is 7.05 Å². The maximum atomic E-state index is 12.7. The third-order valence-corrected chi connectivity index (χ3v) is 5.76. The third kappa shape index (κ3) is 2.12. The van der Waals surface area contributed by atoms with Gasteiger partial charge in [0.2, 0.25) is 0 Å². The number of pyridine rings is 1. The van der Waals surface area contributed by atoms with Crippen molar-refractivity contribution >= 4 is 21.6 Å². The summed E-state index contributed by atoms with van der Waals surface area (Å²) in [6.45, 7) is 3.63. The molecule has 7 nitrogen and oxygen atoms in total. The fourth-order valence-electron chi connectivity index (χ4n) is 3.05. The van der Waals surface area contributed by atoms with Crippen molar-refractivity contribution in [2.24, 2.45) is 4.40 Å². The van der Waals surface area contributed by atoms with Crippen molar-refractivity contribution in [1.82, 2.24) is 9.88 Å². The molecular weight excluding hydrogens is 354 g/mol. The molecule has 2 aliphatic rings. The van der Waals surface area contributed by atoms with Crippen LogP contribution in [0.1, 0.15) is 5.56 Å². The number of rotatable bonds is 2. The van der Waals surface area contributed by atoms with Gasteiger partial charge in [-0.05, 0) is 6.07 Å². The summed E-state index contributed by atoms with van der Waals surface area (Å²) in [6, 6.07) is 8.33. The summed E-state index contributed by atoms with van der Waals surface area (Å²) in [6.07, 6.45) is 3.14. The third-order valence-electron chi connectivity index (χ3n) is 4.38. The molecule has 0 bridgehead atoms. The van der Waals surface area contributed by atoms with Crippen molar-refractivity contribution in [3.63, 3.8) is 0 Å². The Kier molecular flexibility index (Phi) is 3.35. The molecule has 0 aliphatic carbocycles. The van der Waals surface area contributed by atoms with E-state index in [4.69, 9.17) is 0 Å². The number of benzene rings is 1. The average molecular weight is 367 g/mol. The van der Waals surface area contributed by atoms with E-state index >= 15 is 0 Å². The van der Waals surface area contributed by atoms with Crippen LogP contribution in [-0.4, -0.2) is 42.1 Å². The number of carbonyl (C=O) groups excluding carboxylic acids is 1. The summed E-state index contributed by atoms with van der Waals surface area (Å²) >= 11 is 0. The van der Waals surface area contributed by atoms with Crippen LogP contribution < -0.4 is 0 Å². The van der Waals surface area contributed by atoms with Crippen LogP contribution in [0.15, 0.2) is 75.6 Å². The molecule has 1 amide bonds. The van der Waals surface area contributed by atoms with E-state index in [1.807, 2.05) is 0 Å². The molecule has 26 heavy (non-hydrogen) atoms. The van der Waals surface area contributed by atoms with E-state index in [0.717, 1.165) is 4.90 Å². The van der Waals surface area contributed by atoms with Gasteiger partial charge in [-0.25, -0.2) is 0 Å². The number of nitrogens with zero attached hydrogens (tertiary/aromatic N) is 3. The Morgan fingerprint density at radius 2 is 1.88 bits per heavy atom. The first-order chi connectivity index (χ1) is 12.3. The normalized spacial score (nSPS) is 18.3. The number of hydrogen-bond donors (Lipinski definition) is 1. The van der Waals surface area contributed by atoms with Gasteiger partial charge in [0.1, 0.15) is 16.2 Å². The van der Waals surface area contributed by atoms with E-state index in [2.05, 4.69) is 16.0 Å². The van der Waals surface area contributed by atoms with Crippen LogP contribution in [0, 0.1) is 0 Å². The number of sulfonamides is 1. The van der Waals surface area contributed by atoms with Crippen LogP contribution in [0.4, 0.5) is 0 Å². The summed E-state index contributed by atoms with van der Waals surface area (Å²) in [5.74, 6) is -0.924. The topological polar surface area (TPSA) is 99.9 Å². The van der Waals surface area contributed by atoms with Gasteiger partial charge in [-0.3, -0.25) is 9.78 Å². The molecule has 0 fully saturated rings. The van der Waals surface area contributed by atoms with Gasteiger partial charge in [0, 0.05) is 36.1 Å². The molecule has 0 saturated carbocycles. The lowest BCUT2D eigenvalue weighted by molar-refractivity contribution is -0.122. The molecule has 2 aliphatic heterocycles. The van der Waals surface area contributed by atoms with Crippen LogP contribution in [0.2, 0.25) is 0 Å². The molecule has 4 rings (SSSR count). The number of fused-ring (bicyclic) bond motifs is 1. The molecule has 1 N–H and O–H groups in total. The monoisotopic (exact) mass is 367 g/mol. The Hall–Kier alpha value is -3.26. The maximum Gasteiger partial charge on any atom is 0.284 e. The van der Waals surface area contributed by atoms with Crippen molar-refractivity contribution in [2.75, 3.05) is 7.05 Å². The van der Waals surface area contributed by atoms with Crippen LogP contribution in [0.5, 0.6) is 0 Å².